The number of allylic oxidation sites excluding steroid dienone is 1. The molecule has 0 N–H and O–H groups in total. The molecule has 0 saturated carbocycles. The molecular formula is C38H54O6. The van der Waals surface area contributed by atoms with E-state index in [1.165, 1.54) is 6.08 Å². The van der Waals surface area contributed by atoms with Crippen LogP contribution in [0.4, 0.5) is 0 Å². The molecule has 0 heterocycles. The van der Waals surface area contributed by atoms with Crippen molar-refractivity contribution in [3.8, 4) is 17.2 Å². The van der Waals surface area contributed by atoms with Crippen LogP contribution in [0, 0.1) is 10.8 Å². The third kappa shape index (κ3) is 9.06. The molecule has 0 aliphatic carbocycles. The van der Waals surface area contributed by atoms with Gasteiger partial charge in [-0.3, -0.25) is 14.4 Å². The predicted octanol–water partition coefficient (Wildman–Crippen LogP) is 9.65. The average molecular weight is 607 g/mol. The van der Waals surface area contributed by atoms with E-state index >= 15 is 0 Å². The lowest BCUT2D eigenvalue weighted by Gasteiger charge is -2.34. The van der Waals surface area contributed by atoms with Crippen molar-refractivity contribution in [3.05, 3.63) is 58.7 Å². The number of hydrogen-bond donors (Lipinski definition) is 0. The Balaban J connectivity index is 2.82. The van der Waals surface area contributed by atoms with Gasteiger partial charge in [0.25, 0.3) is 0 Å². The maximum atomic E-state index is 13.5. The SMILES string of the molecule is CCC(C)(C)c1cc(C(C)(C)CC)c(OC(C)C)c(/C=C/C(=O)c2ccc(OC(=O)C(C)(C)C)cc2)c1OC(=O)C(C)(C)C. The summed E-state index contributed by atoms with van der Waals surface area (Å²) in [6.07, 6.45) is 4.69. The molecule has 0 spiro atoms. The third-order valence-corrected chi connectivity index (χ3v) is 8.02. The van der Waals surface area contributed by atoms with Gasteiger partial charge in [-0.1, -0.05) is 41.5 Å². The Bertz CT molecular complexity index is 1380. The van der Waals surface area contributed by atoms with Crippen LogP contribution in [-0.2, 0) is 20.4 Å². The highest BCUT2D eigenvalue weighted by molar-refractivity contribution is 6.07. The zero-order valence-corrected chi connectivity index (χ0v) is 29.5. The maximum Gasteiger partial charge on any atom is 0.316 e. The highest BCUT2D eigenvalue weighted by atomic mass is 16.5. The Labute approximate surface area is 265 Å². The van der Waals surface area contributed by atoms with Crippen molar-refractivity contribution in [2.24, 2.45) is 10.8 Å². The Kier molecular flexibility index (Phi) is 11.5. The second-order valence-electron chi connectivity index (χ2n) is 15.2. The molecular weight excluding hydrogens is 552 g/mol. The topological polar surface area (TPSA) is 78.9 Å². The number of ketones is 1. The van der Waals surface area contributed by atoms with E-state index in [1.807, 2.05) is 34.6 Å². The summed E-state index contributed by atoms with van der Waals surface area (Å²) in [7, 11) is 0. The quantitative estimate of drug-likeness (QED) is 0.110. The summed E-state index contributed by atoms with van der Waals surface area (Å²) < 4.78 is 18.2. The minimum absolute atomic E-state index is 0.163. The van der Waals surface area contributed by atoms with E-state index in [-0.39, 0.29) is 34.7 Å². The fourth-order valence-corrected chi connectivity index (χ4v) is 4.13. The first-order valence-corrected chi connectivity index (χ1v) is 15.7. The smallest absolute Gasteiger partial charge is 0.316 e. The first kappa shape index (κ1) is 36.8. The summed E-state index contributed by atoms with van der Waals surface area (Å²) >= 11 is 0. The van der Waals surface area contributed by atoms with Gasteiger partial charge in [0.1, 0.15) is 17.2 Å². The summed E-state index contributed by atoms with van der Waals surface area (Å²) in [4.78, 5) is 39.1. The summed E-state index contributed by atoms with van der Waals surface area (Å²) in [5.74, 6) is 0.413. The fraction of sp³-hybridized carbons (Fsp3) is 0.553. The van der Waals surface area contributed by atoms with Gasteiger partial charge in [-0.25, -0.2) is 0 Å². The van der Waals surface area contributed by atoms with E-state index in [2.05, 4.69) is 47.6 Å². The standard InChI is InChI=1S/C38H54O6/c1-15-37(11,12)28-23-29(38(13,14)16-2)32(44-34(41)36(8,9)10)27(31(28)42-24(3)4)21-22-30(39)25-17-19-26(20-18-25)43-33(40)35(5,6)7/h17-24H,15-16H2,1-14H3/b22-21+. The van der Waals surface area contributed by atoms with Crippen molar-refractivity contribution in [2.75, 3.05) is 0 Å². The zero-order valence-electron chi connectivity index (χ0n) is 29.5. The van der Waals surface area contributed by atoms with Gasteiger partial charge in [0, 0.05) is 16.7 Å². The first-order chi connectivity index (χ1) is 20.0. The molecule has 2 aromatic rings. The van der Waals surface area contributed by atoms with Crippen LogP contribution < -0.4 is 14.2 Å². The number of ether oxygens (including phenoxy) is 3. The van der Waals surface area contributed by atoms with Crippen molar-refractivity contribution >= 4 is 23.8 Å². The normalized spacial score (nSPS) is 12.9. The predicted molar refractivity (Wildman–Crippen MR) is 179 cm³/mol. The zero-order chi connectivity index (χ0) is 33.8. The highest BCUT2D eigenvalue weighted by Gasteiger charge is 2.35. The molecule has 6 nitrogen and oxygen atoms in total. The molecule has 0 aliphatic rings. The van der Waals surface area contributed by atoms with Crippen molar-refractivity contribution in [3.63, 3.8) is 0 Å². The Morgan fingerprint density at radius 3 is 1.59 bits per heavy atom. The van der Waals surface area contributed by atoms with Crippen LogP contribution in [0.1, 0.15) is 137 Å². The molecule has 2 rings (SSSR count). The van der Waals surface area contributed by atoms with E-state index < -0.39 is 10.8 Å². The van der Waals surface area contributed by atoms with E-state index in [9.17, 15) is 14.4 Å². The monoisotopic (exact) mass is 606 g/mol. The molecule has 0 atom stereocenters. The van der Waals surface area contributed by atoms with Crippen LogP contribution in [-0.4, -0.2) is 23.8 Å². The van der Waals surface area contributed by atoms with E-state index in [1.54, 1.807) is 51.1 Å². The van der Waals surface area contributed by atoms with Gasteiger partial charge in [0.2, 0.25) is 0 Å². The number of carbonyl (C=O) groups excluding carboxylic acids is 3. The lowest BCUT2D eigenvalue weighted by molar-refractivity contribution is -0.143. The molecule has 2 aromatic carbocycles. The van der Waals surface area contributed by atoms with Crippen molar-refractivity contribution in [2.45, 2.75) is 127 Å². The lowest BCUT2D eigenvalue weighted by atomic mass is 9.74. The Morgan fingerprint density at radius 2 is 1.16 bits per heavy atom. The molecule has 0 fully saturated rings. The number of carbonyl (C=O) groups is 3. The second-order valence-corrected chi connectivity index (χ2v) is 15.2. The molecule has 44 heavy (non-hydrogen) atoms. The Morgan fingerprint density at radius 1 is 0.705 bits per heavy atom. The molecule has 0 amide bonds. The van der Waals surface area contributed by atoms with Crippen LogP contribution in [0.3, 0.4) is 0 Å². The van der Waals surface area contributed by atoms with Crippen molar-refractivity contribution in [1.82, 2.24) is 0 Å². The minimum atomic E-state index is -0.747. The lowest BCUT2D eigenvalue weighted by Crippen LogP contribution is -2.29. The number of benzene rings is 2. The van der Waals surface area contributed by atoms with Crippen LogP contribution in [0.25, 0.3) is 6.08 Å². The summed E-state index contributed by atoms with van der Waals surface area (Å²) in [6.45, 7) is 27.6. The van der Waals surface area contributed by atoms with Gasteiger partial charge in [-0.2, -0.15) is 0 Å². The molecule has 0 saturated heterocycles. The summed E-state index contributed by atoms with van der Waals surface area (Å²) in [5.41, 5.74) is 0.889. The van der Waals surface area contributed by atoms with Gasteiger partial charge in [0.05, 0.1) is 22.5 Å². The third-order valence-electron chi connectivity index (χ3n) is 8.02. The van der Waals surface area contributed by atoms with Crippen LogP contribution in [0.2, 0.25) is 0 Å². The highest BCUT2D eigenvalue weighted by Crippen LogP contribution is 2.48. The minimum Gasteiger partial charge on any atom is -0.490 e. The number of hydrogen-bond acceptors (Lipinski definition) is 6. The van der Waals surface area contributed by atoms with Crippen molar-refractivity contribution in [1.29, 1.82) is 0 Å². The van der Waals surface area contributed by atoms with E-state index in [0.29, 0.717) is 28.4 Å². The molecule has 0 aromatic heterocycles. The molecule has 0 radical (unpaired) electrons. The summed E-state index contributed by atoms with van der Waals surface area (Å²) in [5, 5.41) is 0. The van der Waals surface area contributed by atoms with Crippen LogP contribution in [0.15, 0.2) is 36.4 Å². The second kappa shape index (κ2) is 13.7. The van der Waals surface area contributed by atoms with E-state index in [0.717, 1.165) is 24.0 Å². The largest absolute Gasteiger partial charge is 0.490 e. The van der Waals surface area contributed by atoms with Crippen LogP contribution in [0.5, 0.6) is 17.2 Å². The van der Waals surface area contributed by atoms with Gasteiger partial charge < -0.3 is 14.2 Å². The van der Waals surface area contributed by atoms with Gasteiger partial charge in [-0.15, -0.1) is 0 Å². The number of esters is 2. The molecule has 6 heteroatoms. The number of rotatable bonds is 11. The molecule has 0 bridgehead atoms. The molecule has 0 aliphatic heterocycles. The van der Waals surface area contributed by atoms with Crippen LogP contribution >= 0.6 is 0 Å². The van der Waals surface area contributed by atoms with Crippen molar-refractivity contribution < 1.29 is 28.6 Å². The van der Waals surface area contributed by atoms with E-state index in [4.69, 9.17) is 14.2 Å². The molecule has 0 unspecified atom stereocenters. The van der Waals surface area contributed by atoms with Gasteiger partial charge in [0.15, 0.2) is 5.78 Å². The summed E-state index contributed by atoms with van der Waals surface area (Å²) in [6, 6.07) is 8.62. The Hall–Kier alpha value is -3.41. The maximum absolute atomic E-state index is 13.5. The van der Waals surface area contributed by atoms with Gasteiger partial charge >= 0.3 is 11.9 Å². The fourth-order valence-electron chi connectivity index (χ4n) is 4.13. The molecule has 242 valence electrons. The average Bonchev–Trinajstić information content (AvgIpc) is 2.91. The van der Waals surface area contributed by atoms with Gasteiger partial charge in [-0.05, 0) is 122 Å². The first-order valence-electron chi connectivity index (χ1n) is 15.7.